The summed E-state index contributed by atoms with van der Waals surface area (Å²) in [4.78, 5) is 56.1. The summed E-state index contributed by atoms with van der Waals surface area (Å²) < 4.78 is 11.0. The number of carbonyl (C=O) groups is 4. The van der Waals surface area contributed by atoms with Gasteiger partial charge in [0.2, 0.25) is 0 Å². The predicted molar refractivity (Wildman–Crippen MR) is 158 cm³/mol. The molecule has 41 heavy (non-hydrogen) atoms. The fraction of sp³-hybridized carbons (Fsp3) is 0.677. The van der Waals surface area contributed by atoms with Crippen molar-refractivity contribution in [3.8, 4) is 0 Å². The number of hydrogen-bond acceptors (Lipinski definition) is 10. The molecule has 0 saturated carbocycles. The lowest BCUT2D eigenvalue weighted by atomic mass is 10.2. The third-order valence-electron chi connectivity index (χ3n) is 6.93. The highest BCUT2D eigenvalue weighted by Crippen LogP contribution is 2.09. The van der Waals surface area contributed by atoms with Gasteiger partial charge in [-0.1, -0.05) is 30.3 Å². The van der Waals surface area contributed by atoms with Crippen molar-refractivity contribution in [1.29, 1.82) is 0 Å². The van der Waals surface area contributed by atoms with Crippen LogP contribution >= 0.6 is 0 Å². The van der Waals surface area contributed by atoms with Gasteiger partial charge < -0.3 is 28.9 Å². The molecule has 0 aromatic heterocycles. The van der Waals surface area contributed by atoms with E-state index in [2.05, 4.69) is 19.6 Å². The quantitative estimate of drug-likeness (QED) is 0.187. The molecule has 1 saturated heterocycles. The SMILES string of the molecule is CC(C)(C)OC(=O)CN1CCN(CC=O)CCN(CCCC=O)CCN(CCCC(=O)OCc2ccccc2)CC1. The van der Waals surface area contributed by atoms with Crippen LogP contribution in [0.2, 0.25) is 0 Å². The first-order valence-electron chi connectivity index (χ1n) is 14.9. The van der Waals surface area contributed by atoms with E-state index in [0.29, 0.717) is 45.4 Å². The fourth-order valence-corrected chi connectivity index (χ4v) is 4.68. The number of nitrogens with zero attached hydrogens (tertiary/aromatic N) is 4. The smallest absolute Gasteiger partial charge is 0.320 e. The highest BCUT2D eigenvalue weighted by atomic mass is 16.6. The number of rotatable bonds is 14. The van der Waals surface area contributed by atoms with Crippen LogP contribution in [0.3, 0.4) is 0 Å². The second-order valence-electron chi connectivity index (χ2n) is 11.6. The van der Waals surface area contributed by atoms with Gasteiger partial charge in [-0.3, -0.25) is 19.4 Å². The molecular weight excluding hydrogens is 524 g/mol. The molecule has 0 radical (unpaired) electrons. The molecule has 0 aliphatic carbocycles. The van der Waals surface area contributed by atoms with Gasteiger partial charge in [-0.25, -0.2) is 0 Å². The van der Waals surface area contributed by atoms with Crippen molar-refractivity contribution in [1.82, 2.24) is 19.6 Å². The van der Waals surface area contributed by atoms with E-state index in [0.717, 1.165) is 70.4 Å². The van der Waals surface area contributed by atoms with E-state index in [1.54, 1.807) is 0 Å². The van der Waals surface area contributed by atoms with Gasteiger partial charge in [0.15, 0.2) is 0 Å². The second-order valence-corrected chi connectivity index (χ2v) is 11.6. The zero-order valence-corrected chi connectivity index (χ0v) is 25.3. The number of unbranched alkanes of at least 4 members (excludes halogenated alkanes) is 1. The standard InChI is InChI=1S/C31H50N4O6/c1-31(2,3)41-30(39)26-35-21-19-33(14-9-12-29(38)40-27-28-10-5-4-6-11-28)16-15-32(13-7-8-24-36)17-18-34(20-22-35)23-25-37/h4-6,10-11,24-25H,7-9,12-23,26-27H2,1-3H3. The molecule has 1 heterocycles. The Hall–Kier alpha value is -2.66. The predicted octanol–water partition coefficient (Wildman–Crippen LogP) is 2.25. The van der Waals surface area contributed by atoms with Crippen molar-refractivity contribution in [3.63, 3.8) is 0 Å². The summed E-state index contributed by atoms with van der Waals surface area (Å²) in [6, 6.07) is 9.66. The largest absolute Gasteiger partial charge is 0.461 e. The van der Waals surface area contributed by atoms with Gasteiger partial charge in [-0.2, -0.15) is 0 Å². The minimum absolute atomic E-state index is 0.184. The van der Waals surface area contributed by atoms with Crippen LogP contribution in [0.1, 0.15) is 52.0 Å². The Balaban J connectivity index is 2.01. The zero-order valence-electron chi connectivity index (χ0n) is 25.3. The van der Waals surface area contributed by atoms with Crippen molar-refractivity contribution >= 4 is 24.5 Å². The Kier molecular flexibility index (Phi) is 16.4. The van der Waals surface area contributed by atoms with Gasteiger partial charge in [0.1, 0.15) is 24.8 Å². The number of carbonyl (C=O) groups excluding carboxylic acids is 4. The molecule has 0 N–H and O–H groups in total. The van der Waals surface area contributed by atoms with E-state index < -0.39 is 5.60 Å². The third kappa shape index (κ3) is 16.4. The van der Waals surface area contributed by atoms with Crippen molar-refractivity contribution in [2.24, 2.45) is 0 Å². The fourth-order valence-electron chi connectivity index (χ4n) is 4.68. The van der Waals surface area contributed by atoms with E-state index in [-0.39, 0.29) is 25.1 Å². The molecule has 1 aromatic carbocycles. The number of aldehydes is 2. The first kappa shape index (κ1) is 34.5. The van der Waals surface area contributed by atoms with Crippen molar-refractivity contribution in [3.05, 3.63) is 35.9 Å². The number of benzene rings is 1. The minimum Gasteiger partial charge on any atom is -0.461 e. The summed E-state index contributed by atoms with van der Waals surface area (Å²) in [7, 11) is 0. The molecule has 1 aliphatic rings. The van der Waals surface area contributed by atoms with Gasteiger partial charge in [0, 0.05) is 65.2 Å². The van der Waals surface area contributed by atoms with E-state index in [4.69, 9.17) is 9.47 Å². The summed E-state index contributed by atoms with van der Waals surface area (Å²) in [5.74, 6) is -0.471. The minimum atomic E-state index is -0.554. The highest BCUT2D eigenvalue weighted by molar-refractivity contribution is 5.72. The highest BCUT2D eigenvalue weighted by Gasteiger charge is 2.21. The van der Waals surface area contributed by atoms with Crippen LogP contribution < -0.4 is 0 Å². The van der Waals surface area contributed by atoms with Crippen molar-refractivity contribution in [2.75, 3.05) is 78.5 Å². The van der Waals surface area contributed by atoms with Crippen LogP contribution in [-0.2, 0) is 35.3 Å². The molecule has 2 rings (SSSR count). The molecule has 10 nitrogen and oxygen atoms in total. The molecule has 1 aliphatic heterocycles. The van der Waals surface area contributed by atoms with Crippen LogP contribution in [0.4, 0.5) is 0 Å². The van der Waals surface area contributed by atoms with Gasteiger partial charge in [-0.05, 0) is 52.3 Å². The molecular formula is C31H50N4O6. The molecule has 0 amide bonds. The third-order valence-corrected chi connectivity index (χ3v) is 6.93. The number of ether oxygens (including phenoxy) is 2. The molecule has 1 fully saturated rings. The maximum Gasteiger partial charge on any atom is 0.320 e. The van der Waals surface area contributed by atoms with Gasteiger partial charge in [0.25, 0.3) is 0 Å². The molecule has 0 bridgehead atoms. The van der Waals surface area contributed by atoms with Crippen LogP contribution in [0, 0.1) is 0 Å². The van der Waals surface area contributed by atoms with Crippen LogP contribution in [0.5, 0.6) is 0 Å². The normalized spacial score (nSPS) is 17.2. The molecule has 0 unspecified atom stereocenters. The maximum atomic E-state index is 12.6. The molecule has 10 heteroatoms. The lowest BCUT2D eigenvalue weighted by Crippen LogP contribution is -2.48. The van der Waals surface area contributed by atoms with Crippen LogP contribution in [0.15, 0.2) is 30.3 Å². The van der Waals surface area contributed by atoms with Crippen LogP contribution in [-0.4, -0.2) is 128 Å². The van der Waals surface area contributed by atoms with E-state index >= 15 is 0 Å². The zero-order chi connectivity index (χ0) is 29.9. The molecule has 230 valence electrons. The van der Waals surface area contributed by atoms with Gasteiger partial charge in [0.05, 0.1) is 13.1 Å². The second kappa shape index (κ2) is 19.5. The Morgan fingerprint density at radius 1 is 0.756 bits per heavy atom. The van der Waals surface area contributed by atoms with Gasteiger partial charge >= 0.3 is 11.9 Å². The summed E-state index contributed by atoms with van der Waals surface area (Å²) in [5, 5.41) is 0. The average Bonchev–Trinajstić information content (AvgIpc) is 2.92. The molecule has 0 spiro atoms. The lowest BCUT2D eigenvalue weighted by molar-refractivity contribution is -0.156. The molecule has 1 aromatic rings. The van der Waals surface area contributed by atoms with Crippen molar-refractivity contribution in [2.45, 2.75) is 58.7 Å². The lowest BCUT2D eigenvalue weighted by Gasteiger charge is -2.34. The average molecular weight is 575 g/mol. The number of esters is 2. The molecule has 0 atom stereocenters. The first-order valence-corrected chi connectivity index (χ1v) is 14.9. The number of hydrogen-bond donors (Lipinski definition) is 0. The maximum absolute atomic E-state index is 12.6. The summed E-state index contributed by atoms with van der Waals surface area (Å²) in [6.07, 6.45) is 4.23. The van der Waals surface area contributed by atoms with E-state index in [1.165, 1.54) is 0 Å². The Morgan fingerprint density at radius 2 is 1.32 bits per heavy atom. The van der Waals surface area contributed by atoms with Crippen molar-refractivity contribution < 1.29 is 28.7 Å². The summed E-state index contributed by atoms with van der Waals surface area (Å²) in [5.41, 5.74) is 0.414. The topological polar surface area (TPSA) is 99.7 Å². The summed E-state index contributed by atoms with van der Waals surface area (Å²) in [6.45, 7) is 13.8. The van der Waals surface area contributed by atoms with E-state index in [1.807, 2.05) is 51.1 Å². The van der Waals surface area contributed by atoms with E-state index in [9.17, 15) is 19.2 Å². The van der Waals surface area contributed by atoms with Crippen LogP contribution in [0.25, 0.3) is 0 Å². The first-order chi connectivity index (χ1) is 19.7. The monoisotopic (exact) mass is 574 g/mol. The van der Waals surface area contributed by atoms with Gasteiger partial charge in [-0.15, -0.1) is 0 Å². The Labute approximate surface area is 245 Å². The summed E-state index contributed by atoms with van der Waals surface area (Å²) >= 11 is 0. The Bertz CT molecular complexity index is 908. The Morgan fingerprint density at radius 3 is 1.88 bits per heavy atom.